The van der Waals surface area contributed by atoms with E-state index in [2.05, 4.69) is 5.32 Å². The Morgan fingerprint density at radius 2 is 1.55 bits per heavy atom. The third-order valence-corrected chi connectivity index (χ3v) is 5.29. The highest BCUT2D eigenvalue weighted by Gasteiger charge is 2.37. The predicted molar refractivity (Wildman–Crippen MR) is 116 cm³/mol. The zero-order chi connectivity index (χ0) is 22.3. The summed E-state index contributed by atoms with van der Waals surface area (Å²) in [6.07, 6.45) is 1.45. The summed E-state index contributed by atoms with van der Waals surface area (Å²) < 4.78 is 15.2. The van der Waals surface area contributed by atoms with Crippen LogP contribution in [0.3, 0.4) is 0 Å². The van der Waals surface area contributed by atoms with Crippen molar-refractivity contribution in [2.24, 2.45) is 0 Å². The fourth-order valence-corrected chi connectivity index (χ4v) is 3.68. The molecule has 0 saturated carbocycles. The van der Waals surface area contributed by atoms with Crippen LogP contribution < -0.4 is 10.2 Å². The van der Waals surface area contributed by atoms with Gasteiger partial charge in [-0.3, -0.25) is 14.9 Å². The van der Waals surface area contributed by atoms with Crippen molar-refractivity contribution in [3.8, 4) is 5.69 Å². The van der Waals surface area contributed by atoms with Crippen LogP contribution in [0.4, 0.5) is 14.9 Å². The molecule has 6 nitrogen and oxygen atoms in total. The minimum Gasteiger partial charge on any atom is -0.318 e. The van der Waals surface area contributed by atoms with Gasteiger partial charge < -0.3 is 4.57 Å². The molecular weight excluding hydrogens is 421 g/mol. The number of benzene rings is 2. The Morgan fingerprint density at radius 1 is 0.935 bits per heavy atom. The van der Waals surface area contributed by atoms with Gasteiger partial charge in [0, 0.05) is 22.1 Å². The van der Waals surface area contributed by atoms with Gasteiger partial charge in [0.1, 0.15) is 11.4 Å². The van der Waals surface area contributed by atoms with E-state index in [0.717, 1.165) is 34.1 Å². The molecule has 0 bridgehead atoms. The molecule has 0 atom stereocenters. The van der Waals surface area contributed by atoms with Crippen LogP contribution in [0.15, 0.2) is 60.2 Å². The van der Waals surface area contributed by atoms with Gasteiger partial charge in [0.15, 0.2) is 0 Å². The van der Waals surface area contributed by atoms with E-state index >= 15 is 0 Å². The number of hydrogen-bond donors (Lipinski definition) is 1. The zero-order valence-electron chi connectivity index (χ0n) is 16.6. The van der Waals surface area contributed by atoms with Crippen molar-refractivity contribution in [1.82, 2.24) is 9.88 Å². The second-order valence-corrected chi connectivity index (χ2v) is 7.51. The molecule has 156 valence electrons. The van der Waals surface area contributed by atoms with Crippen LogP contribution in [-0.4, -0.2) is 22.4 Å². The topological polar surface area (TPSA) is 71.4 Å². The number of hydrogen-bond acceptors (Lipinski definition) is 3. The molecule has 4 amide bonds. The average molecular weight is 438 g/mol. The Hall–Kier alpha value is -3.71. The molecule has 1 aromatic heterocycles. The molecule has 0 spiro atoms. The second-order valence-electron chi connectivity index (χ2n) is 7.07. The lowest BCUT2D eigenvalue weighted by molar-refractivity contribution is -0.122. The third kappa shape index (κ3) is 3.75. The van der Waals surface area contributed by atoms with Gasteiger partial charge in [0.05, 0.1) is 5.69 Å². The lowest BCUT2D eigenvalue weighted by atomic mass is 10.1. The van der Waals surface area contributed by atoms with Gasteiger partial charge in [-0.25, -0.2) is 14.1 Å². The largest absolute Gasteiger partial charge is 0.335 e. The van der Waals surface area contributed by atoms with Crippen molar-refractivity contribution in [3.63, 3.8) is 0 Å². The number of amides is 4. The summed E-state index contributed by atoms with van der Waals surface area (Å²) in [6.45, 7) is 3.77. The van der Waals surface area contributed by atoms with Gasteiger partial charge in [0.2, 0.25) is 0 Å². The summed E-state index contributed by atoms with van der Waals surface area (Å²) >= 11 is 5.98. The lowest BCUT2D eigenvalue weighted by Crippen LogP contribution is -2.54. The maximum absolute atomic E-state index is 13.2. The fourth-order valence-electron chi connectivity index (χ4n) is 3.56. The van der Waals surface area contributed by atoms with Crippen LogP contribution in [0.2, 0.25) is 5.02 Å². The quantitative estimate of drug-likeness (QED) is 0.482. The molecule has 31 heavy (non-hydrogen) atoms. The Labute approximate surface area is 182 Å². The van der Waals surface area contributed by atoms with Gasteiger partial charge in [-0.05, 0) is 80.1 Å². The molecule has 2 heterocycles. The van der Waals surface area contributed by atoms with Crippen molar-refractivity contribution in [2.75, 3.05) is 4.90 Å². The lowest BCUT2D eigenvalue weighted by Gasteiger charge is -2.26. The number of carbonyl (C=O) groups is 3. The summed E-state index contributed by atoms with van der Waals surface area (Å²) in [5, 5.41) is 2.78. The van der Waals surface area contributed by atoms with Crippen LogP contribution in [0.25, 0.3) is 11.8 Å². The molecule has 0 unspecified atom stereocenters. The van der Waals surface area contributed by atoms with E-state index in [1.807, 2.05) is 36.6 Å². The number of rotatable bonds is 3. The molecular formula is C23H17ClFN3O3. The van der Waals surface area contributed by atoms with Gasteiger partial charge in [-0.1, -0.05) is 11.6 Å². The molecule has 8 heteroatoms. The van der Waals surface area contributed by atoms with Crippen LogP contribution in [0.5, 0.6) is 0 Å². The molecule has 0 aliphatic carbocycles. The number of imide groups is 2. The normalized spacial score (nSPS) is 15.5. The van der Waals surface area contributed by atoms with E-state index in [9.17, 15) is 18.8 Å². The predicted octanol–water partition coefficient (Wildman–Crippen LogP) is 4.55. The van der Waals surface area contributed by atoms with Crippen molar-refractivity contribution < 1.29 is 18.8 Å². The Balaban J connectivity index is 1.75. The summed E-state index contributed by atoms with van der Waals surface area (Å²) in [5.41, 5.74) is 3.19. The van der Waals surface area contributed by atoms with Crippen LogP contribution in [0, 0.1) is 19.7 Å². The Kier molecular flexibility index (Phi) is 5.20. The van der Waals surface area contributed by atoms with E-state index in [1.165, 1.54) is 18.2 Å². The highest BCUT2D eigenvalue weighted by atomic mass is 35.5. The molecule has 4 rings (SSSR count). The monoisotopic (exact) mass is 437 g/mol. The minimum absolute atomic E-state index is 0.161. The number of aromatic nitrogens is 1. The molecule has 1 fully saturated rings. The summed E-state index contributed by atoms with van der Waals surface area (Å²) in [7, 11) is 0. The number of urea groups is 1. The van der Waals surface area contributed by atoms with Gasteiger partial charge >= 0.3 is 6.03 Å². The van der Waals surface area contributed by atoms with Crippen LogP contribution in [-0.2, 0) is 9.59 Å². The highest BCUT2D eigenvalue weighted by Crippen LogP contribution is 2.26. The van der Waals surface area contributed by atoms with Crippen molar-refractivity contribution in [2.45, 2.75) is 13.8 Å². The third-order valence-electron chi connectivity index (χ3n) is 5.04. The van der Waals surface area contributed by atoms with Crippen molar-refractivity contribution >= 4 is 41.2 Å². The number of nitrogens with zero attached hydrogens (tertiary/aromatic N) is 2. The summed E-state index contributed by atoms with van der Waals surface area (Å²) in [5.74, 6) is -2.07. The van der Waals surface area contributed by atoms with E-state index < -0.39 is 23.7 Å². The fraction of sp³-hybridized carbons (Fsp3) is 0.0870. The molecule has 0 radical (unpaired) electrons. The van der Waals surface area contributed by atoms with Crippen molar-refractivity contribution in [1.29, 1.82) is 0 Å². The first-order chi connectivity index (χ1) is 14.8. The Morgan fingerprint density at radius 3 is 2.19 bits per heavy atom. The van der Waals surface area contributed by atoms with E-state index in [-0.39, 0.29) is 11.3 Å². The summed E-state index contributed by atoms with van der Waals surface area (Å²) in [6, 6.07) is 13.1. The number of halogens is 2. The SMILES string of the molecule is Cc1cc(C=C2C(=O)NC(=O)N(c3ccc(F)cc3)C2=O)c(C)n1-c1ccc(Cl)cc1. The first-order valence-electron chi connectivity index (χ1n) is 9.38. The molecule has 1 saturated heterocycles. The first-order valence-corrected chi connectivity index (χ1v) is 9.76. The minimum atomic E-state index is -0.884. The first kappa shape index (κ1) is 20.6. The van der Waals surface area contributed by atoms with Gasteiger partial charge in [0.25, 0.3) is 11.8 Å². The molecule has 1 N–H and O–H groups in total. The van der Waals surface area contributed by atoms with E-state index in [0.29, 0.717) is 10.6 Å². The maximum Gasteiger partial charge on any atom is 0.335 e. The Bertz CT molecular complexity index is 1240. The second kappa shape index (κ2) is 7.85. The smallest absolute Gasteiger partial charge is 0.318 e. The maximum atomic E-state index is 13.2. The highest BCUT2D eigenvalue weighted by molar-refractivity contribution is 6.39. The van der Waals surface area contributed by atoms with Crippen LogP contribution in [0.1, 0.15) is 17.0 Å². The summed E-state index contributed by atoms with van der Waals surface area (Å²) in [4.78, 5) is 38.5. The molecule has 2 aromatic carbocycles. The molecule has 1 aliphatic rings. The number of carbonyl (C=O) groups excluding carboxylic acids is 3. The van der Waals surface area contributed by atoms with Crippen molar-refractivity contribution in [3.05, 3.63) is 88.0 Å². The zero-order valence-corrected chi connectivity index (χ0v) is 17.4. The number of nitrogens with one attached hydrogen (secondary N) is 1. The van der Waals surface area contributed by atoms with Gasteiger partial charge in [-0.2, -0.15) is 0 Å². The van der Waals surface area contributed by atoms with E-state index in [1.54, 1.807) is 12.1 Å². The number of aryl methyl sites for hydroxylation is 1. The molecule has 1 aliphatic heterocycles. The van der Waals surface area contributed by atoms with Crippen LogP contribution >= 0.6 is 11.6 Å². The molecule has 3 aromatic rings. The standard InChI is InChI=1S/C23H17ClFN3O3/c1-13-11-15(14(2)27(13)18-7-3-16(24)4-8-18)12-20-21(29)26-23(31)28(22(20)30)19-9-5-17(25)6-10-19/h3-12H,1-2H3,(H,26,29,31). The van der Waals surface area contributed by atoms with Gasteiger partial charge in [-0.15, -0.1) is 0 Å². The number of anilines is 1. The average Bonchev–Trinajstić information content (AvgIpc) is 3.00. The van der Waals surface area contributed by atoms with E-state index in [4.69, 9.17) is 11.6 Å². The number of barbiturate groups is 1.